The average molecular weight is 382 g/mol. The van der Waals surface area contributed by atoms with Gasteiger partial charge >= 0.3 is 0 Å². The molecule has 0 radical (unpaired) electrons. The van der Waals surface area contributed by atoms with Crippen LogP contribution in [0.15, 0.2) is 41.6 Å². The summed E-state index contributed by atoms with van der Waals surface area (Å²) in [5, 5.41) is 12.2. The van der Waals surface area contributed by atoms with Crippen LogP contribution in [0.25, 0.3) is 5.69 Å². The lowest BCUT2D eigenvalue weighted by atomic mass is 10.0. The molecular weight excluding hydrogens is 360 g/mol. The highest BCUT2D eigenvalue weighted by atomic mass is 32.2. The zero-order valence-electron chi connectivity index (χ0n) is 16.1. The van der Waals surface area contributed by atoms with Crippen molar-refractivity contribution in [3.63, 3.8) is 0 Å². The Kier molecular flexibility index (Phi) is 5.60. The number of carbonyl (C=O) groups excluding carboxylic acids is 1. The first-order valence-electron chi connectivity index (χ1n) is 8.62. The van der Waals surface area contributed by atoms with Crippen molar-refractivity contribution in [2.75, 3.05) is 7.11 Å². The Hall–Kier alpha value is -2.67. The molecule has 27 heavy (non-hydrogen) atoms. The first-order valence-corrected chi connectivity index (χ1v) is 9.50. The van der Waals surface area contributed by atoms with E-state index < -0.39 is 0 Å². The van der Waals surface area contributed by atoms with Crippen LogP contribution in [0.2, 0.25) is 0 Å². The summed E-state index contributed by atoms with van der Waals surface area (Å²) in [6.07, 6.45) is 0. The van der Waals surface area contributed by atoms with Gasteiger partial charge in [0.15, 0.2) is 5.78 Å². The summed E-state index contributed by atoms with van der Waals surface area (Å²) >= 11 is 1.33. The lowest BCUT2D eigenvalue weighted by Gasteiger charge is -2.13. The molecule has 0 spiro atoms. The summed E-state index contributed by atoms with van der Waals surface area (Å²) in [4.78, 5) is 12.8. The number of benzene rings is 2. The highest BCUT2D eigenvalue weighted by molar-refractivity contribution is 8.00. The highest BCUT2D eigenvalue weighted by Gasteiger charge is 2.22. The number of ether oxygens (including phenoxy) is 1. The first-order chi connectivity index (χ1) is 12.9. The number of aryl methyl sites for hydroxylation is 3. The molecule has 3 rings (SSSR count). The van der Waals surface area contributed by atoms with Crippen LogP contribution in [0, 0.1) is 20.8 Å². The summed E-state index contributed by atoms with van der Waals surface area (Å²) in [5.74, 6) is 0.719. The maximum atomic E-state index is 12.8. The van der Waals surface area contributed by atoms with Crippen LogP contribution in [0.4, 0.5) is 0 Å². The standard InChI is InChI=1S/C20H22N4O2S/c1-12-6-9-18(26-5)17(10-12)24-20(21-22-23-24)27-15(4)19(25)16-8-7-13(2)14(3)11-16/h6-11,15H,1-5H3/t15-/m0/s1. The minimum absolute atomic E-state index is 0.0499. The van der Waals surface area contributed by atoms with Crippen molar-refractivity contribution in [2.24, 2.45) is 0 Å². The van der Waals surface area contributed by atoms with E-state index in [-0.39, 0.29) is 11.0 Å². The van der Waals surface area contributed by atoms with E-state index in [2.05, 4.69) is 15.5 Å². The molecule has 0 aliphatic heterocycles. The lowest BCUT2D eigenvalue weighted by molar-refractivity contribution is 0.0993. The maximum absolute atomic E-state index is 12.8. The molecular formula is C20H22N4O2S. The van der Waals surface area contributed by atoms with Crippen molar-refractivity contribution in [1.82, 2.24) is 20.2 Å². The van der Waals surface area contributed by atoms with Gasteiger partial charge in [0.1, 0.15) is 11.4 Å². The Labute approximate surface area is 162 Å². The zero-order valence-corrected chi connectivity index (χ0v) is 16.9. The van der Waals surface area contributed by atoms with Crippen LogP contribution in [-0.2, 0) is 0 Å². The summed E-state index contributed by atoms with van der Waals surface area (Å²) in [6.45, 7) is 7.90. The number of tetrazole rings is 1. The molecule has 0 aliphatic rings. The third kappa shape index (κ3) is 4.03. The molecule has 0 unspecified atom stereocenters. The molecule has 0 amide bonds. The molecule has 0 aliphatic carbocycles. The van der Waals surface area contributed by atoms with Gasteiger partial charge in [-0.1, -0.05) is 30.0 Å². The fourth-order valence-corrected chi connectivity index (χ4v) is 3.59. The summed E-state index contributed by atoms with van der Waals surface area (Å²) in [6, 6.07) is 11.6. The predicted octanol–water partition coefficient (Wildman–Crippen LogP) is 3.96. The quantitative estimate of drug-likeness (QED) is 0.475. The van der Waals surface area contributed by atoms with Crippen molar-refractivity contribution in [3.8, 4) is 11.4 Å². The molecule has 1 aromatic heterocycles. The molecule has 0 N–H and O–H groups in total. The van der Waals surface area contributed by atoms with E-state index >= 15 is 0 Å². The minimum Gasteiger partial charge on any atom is -0.494 e. The minimum atomic E-state index is -0.326. The van der Waals surface area contributed by atoms with E-state index in [1.165, 1.54) is 17.3 Å². The second-order valence-corrected chi connectivity index (χ2v) is 7.78. The van der Waals surface area contributed by atoms with E-state index in [9.17, 15) is 4.79 Å². The molecule has 0 bridgehead atoms. The van der Waals surface area contributed by atoms with Crippen LogP contribution in [0.1, 0.15) is 34.0 Å². The van der Waals surface area contributed by atoms with E-state index in [4.69, 9.17) is 4.74 Å². The van der Waals surface area contributed by atoms with Gasteiger partial charge < -0.3 is 4.74 Å². The number of Topliss-reactive ketones (excluding diaryl/α,β-unsaturated/α-hetero) is 1. The van der Waals surface area contributed by atoms with Crippen LogP contribution < -0.4 is 4.74 Å². The smallest absolute Gasteiger partial charge is 0.214 e. The molecule has 3 aromatic rings. The van der Waals surface area contributed by atoms with E-state index in [0.717, 1.165) is 16.8 Å². The van der Waals surface area contributed by atoms with Crippen LogP contribution in [-0.4, -0.2) is 38.4 Å². The van der Waals surface area contributed by atoms with Crippen LogP contribution in [0.3, 0.4) is 0 Å². The van der Waals surface area contributed by atoms with E-state index in [1.807, 2.05) is 64.1 Å². The van der Waals surface area contributed by atoms with Crippen molar-refractivity contribution in [2.45, 2.75) is 38.1 Å². The monoisotopic (exact) mass is 382 g/mol. The number of methoxy groups -OCH3 is 1. The topological polar surface area (TPSA) is 69.9 Å². The van der Waals surface area contributed by atoms with Gasteiger partial charge in [-0.3, -0.25) is 4.79 Å². The van der Waals surface area contributed by atoms with Gasteiger partial charge in [-0.15, -0.1) is 5.10 Å². The fraction of sp³-hybridized carbons (Fsp3) is 0.300. The van der Waals surface area contributed by atoms with E-state index in [0.29, 0.717) is 16.5 Å². The van der Waals surface area contributed by atoms with Gasteiger partial charge in [0.2, 0.25) is 5.16 Å². The molecule has 7 heteroatoms. The summed E-state index contributed by atoms with van der Waals surface area (Å²) in [5.41, 5.74) is 4.78. The number of ketones is 1. The van der Waals surface area contributed by atoms with Gasteiger partial charge in [-0.2, -0.15) is 4.68 Å². The summed E-state index contributed by atoms with van der Waals surface area (Å²) in [7, 11) is 1.61. The number of hydrogen-bond acceptors (Lipinski definition) is 6. The second-order valence-electron chi connectivity index (χ2n) is 6.47. The van der Waals surface area contributed by atoms with Gasteiger partial charge in [0.25, 0.3) is 0 Å². The second kappa shape index (κ2) is 7.92. The van der Waals surface area contributed by atoms with Crippen molar-refractivity contribution < 1.29 is 9.53 Å². The lowest BCUT2D eigenvalue weighted by Crippen LogP contribution is -2.15. The number of hydrogen-bond donors (Lipinski definition) is 0. The molecule has 0 fully saturated rings. The third-order valence-corrected chi connectivity index (χ3v) is 5.48. The average Bonchev–Trinajstić information content (AvgIpc) is 3.11. The number of nitrogens with zero attached hydrogens (tertiary/aromatic N) is 4. The third-order valence-electron chi connectivity index (χ3n) is 4.45. The number of carbonyl (C=O) groups is 1. The van der Waals surface area contributed by atoms with Gasteiger partial charge in [-0.25, -0.2) is 0 Å². The van der Waals surface area contributed by atoms with Crippen LogP contribution in [0.5, 0.6) is 5.75 Å². The Morgan fingerprint density at radius 1 is 1.11 bits per heavy atom. The van der Waals surface area contributed by atoms with Crippen molar-refractivity contribution >= 4 is 17.5 Å². The highest BCUT2D eigenvalue weighted by Crippen LogP contribution is 2.30. The van der Waals surface area contributed by atoms with Crippen molar-refractivity contribution in [1.29, 1.82) is 0 Å². The molecule has 1 atom stereocenters. The largest absolute Gasteiger partial charge is 0.494 e. The van der Waals surface area contributed by atoms with Crippen LogP contribution >= 0.6 is 11.8 Å². The van der Waals surface area contributed by atoms with Gasteiger partial charge in [0.05, 0.1) is 12.4 Å². The Balaban J connectivity index is 1.87. The first kappa shape index (κ1) is 19.1. The number of rotatable bonds is 6. The number of thioether (sulfide) groups is 1. The molecule has 0 saturated carbocycles. The molecule has 0 saturated heterocycles. The maximum Gasteiger partial charge on any atom is 0.214 e. The number of aromatic nitrogens is 4. The van der Waals surface area contributed by atoms with E-state index in [1.54, 1.807) is 11.8 Å². The molecule has 140 valence electrons. The van der Waals surface area contributed by atoms with Crippen molar-refractivity contribution in [3.05, 3.63) is 58.7 Å². The fourth-order valence-electron chi connectivity index (χ4n) is 2.71. The Morgan fingerprint density at radius 3 is 2.59 bits per heavy atom. The Morgan fingerprint density at radius 2 is 1.89 bits per heavy atom. The normalized spacial score (nSPS) is 12.0. The van der Waals surface area contributed by atoms with Gasteiger partial charge in [-0.05, 0) is 73.0 Å². The predicted molar refractivity (Wildman–Crippen MR) is 106 cm³/mol. The molecule has 6 nitrogen and oxygen atoms in total. The Bertz CT molecular complexity index is 984. The zero-order chi connectivity index (χ0) is 19.6. The summed E-state index contributed by atoms with van der Waals surface area (Å²) < 4.78 is 7.04. The molecule has 1 heterocycles. The SMILES string of the molecule is COc1ccc(C)cc1-n1nnnc1S[C@@H](C)C(=O)c1ccc(C)c(C)c1. The van der Waals surface area contributed by atoms with Gasteiger partial charge in [0, 0.05) is 5.56 Å². The molecule has 2 aromatic carbocycles.